The van der Waals surface area contributed by atoms with Gasteiger partial charge in [-0.05, 0) is 0 Å². The Morgan fingerprint density at radius 2 is 1.70 bits per heavy atom. The fourth-order valence-electron chi connectivity index (χ4n) is 1.52. The molecule has 0 radical (unpaired) electrons. The zero-order valence-corrected chi connectivity index (χ0v) is 10.5. The van der Waals surface area contributed by atoms with Crippen LogP contribution in [0, 0.1) is 0 Å². The van der Waals surface area contributed by atoms with Crippen LogP contribution in [0.15, 0.2) is 12.2 Å². The van der Waals surface area contributed by atoms with Gasteiger partial charge >= 0.3 is 5.97 Å². The Labute approximate surface area is 113 Å². The molecule has 1 atom stereocenters. The van der Waals surface area contributed by atoms with Gasteiger partial charge in [-0.25, -0.2) is 0 Å². The highest BCUT2D eigenvalue weighted by Crippen LogP contribution is 2.20. The number of carbonyl (C=O) groups excluding carboxylic acids is 4. The first-order valence-electron chi connectivity index (χ1n) is 5.62. The minimum absolute atomic E-state index is 0.0659. The summed E-state index contributed by atoms with van der Waals surface area (Å²) >= 11 is 0. The fraction of sp³-hybridized carbons (Fsp3) is 0.364. The zero-order chi connectivity index (χ0) is 15.4. The number of carboxylic acid groups (broad SMARTS) is 1. The van der Waals surface area contributed by atoms with Gasteiger partial charge in [0.1, 0.15) is 6.04 Å². The topological polar surface area (TPSA) is 132 Å². The number of amides is 4. The third-order valence-corrected chi connectivity index (χ3v) is 2.56. The van der Waals surface area contributed by atoms with Gasteiger partial charge in [0, 0.05) is 18.6 Å². The zero-order valence-electron chi connectivity index (χ0n) is 10.5. The van der Waals surface area contributed by atoms with Crippen molar-refractivity contribution < 1.29 is 34.3 Å². The van der Waals surface area contributed by atoms with E-state index in [4.69, 9.17) is 10.3 Å². The van der Waals surface area contributed by atoms with Crippen molar-refractivity contribution in [2.45, 2.75) is 25.8 Å². The van der Waals surface area contributed by atoms with Crippen LogP contribution in [0.1, 0.15) is 19.8 Å². The lowest BCUT2D eigenvalue weighted by Crippen LogP contribution is -2.44. The summed E-state index contributed by atoms with van der Waals surface area (Å²) in [4.78, 5) is 54.6. The van der Waals surface area contributed by atoms with Gasteiger partial charge in [0.15, 0.2) is 0 Å². The highest BCUT2D eigenvalue weighted by Gasteiger charge is 2.46. The number of nitrogens with zero attached hydrogens (tertiary/aromatic N) is 2. The Bertz CT molecular complexity index is 493. The fourth-order valence-corrected chi connectivity index (χ4v) is 1.52. The van der Waals surface area contributed by atoms with Crippen LogP contribution in [0.3, 0.4) is 0 Å². The minimum atomic E-state index is -1.21. The summed E-state index contributed by atoms with van der Waals surface area (Å²) in [5, 5.41) is 16.6. The largest absolute Gasteiger partial charge is 0.481 e. The van der Waals surface area contributed by atoms with Gasteiger partial charge in [0.25, 0.3) is 23.6 Å². The molecule has 2 aliphatic heterocycles. The molecular formula is C11H12N2O7. The summed E-state index contributed by atoms with van der Waals surface area (Å²) in [5.41, 5.74) is 0. The smallest absolute Gasteiger partial charge is 0.303 e. The average Bonchev–Trinajstić information content (AvgIpc) is 2.85. The van der Waals surface area contributed by atoms with Crippen LogP contribution in [-0.4, -0.2) is 55.9 Å². The first kappa shape index (κ1) is 15.5. The second-order valence-corrected chi connectivity index (χ2v) is 3.89. The first-order chi connectivity index (χ1) is 9.29. The summed E-state index contributed by atoms with van der Waals surface area (Å²) in [7, 11) is 0. The van der Waals surface area contributed by atoms with Crippen molar-refractivity contribution in [3.05, 3.63) is 12.2 Å². The van der Waals surface area contributed by atoms with Crippen molar-refractivity contribution in [1.29, 1.82) is 0 Å². The molecule has 0 bridgehead atoms. The van der Waals surface area contributed by atoms with E-state index in [-0.39, 0.29) is 17.9 Å². The molecule has 20 heavy (non-hydrogen) atoms. The van der Waals surface area contributed by atoms with Crippen molar-refractivity contribution >= 4 is 29.6 Å². The van der Waals surface area contributed by atoms with Crippen molar-refractivity contribution in [2.24, 2.45) is 0 Å². The van der Waals surface area contributed by atoms with Gasteiger partial charge in [-0.1, -0.05) is 6.92 Å². The maximum atomic E-state index is 11.3. The summed E-state index contributed by atoms with van der Waals surface area (Å²) in [5.74, 6) is -3.82. The van der Waals surface area contributed by atoms with Crippen molar-refractivity contribution in [1.82, 2.24) is 9.96 Å². The first-order valence-corrected chi connectivity index (χ1v) is 5.62. The van der Waals surface area contributed by atoms with Gasteiger partial charge in [-0.3, -0.25) is 34.1 Å². The number of imide groups is 2. The summed E-state index contributed by atoms with van der Waals surface area (Å²) in [6, 6.07) is -1.21. The predicted molar refractivity (Wildman–Crippen MR) is 61.0 cm³/mol. The molecule has 2 aliphatic rings. The van der Waals surface area contributed by atoms with Gasteiger partial charge in [-0.15, -0.1) is 0 Å². The molecule has 1 fully saturated rings. The molecule has 0 aromatic carbocycles. The number of hydrogen-bond donors (Lipinski definition) is 2. The molecule has 1 unspecified atom stereocenters. The van der Waals surface area contributed by atoms with Gasteiger partial charge in [-0.2, -0.15) is 5.06 Å². The number of hydrogen-bond acceptors (Lipinski definition) is 6. The lowest BCUT2D eigenvalue weighted by molar-refractivity contribution is -0.173. The third kappa shape index (κ3) is 3.06. The Morgan fingerprint density at radius 3 is 2.00 bits per heavy atom. The number of carboxylic acids is 1. The Kier molecular flexibility index (Phi) is 4.70. The standard InChI is InChI=1S/C8H6N2O5.C3H6O2/c11-5-1-2-6(12)9(5)4-3-7(13)10(15)8(4)14;1-2-3(4)5/h1-2,4,15H,3H2;2H2,1H3,(H,4,5). The van der Waals surface area contributed by atoms with Crippen LogP contribution in [0.4, 0.5) is 0 Å². The van der Waals surface area contributed by atoms with E-state index >= 15 is 0 Å². The van der Waals surface area contributed by atoms with Crippen LogP contribution in [0.2, 0.25) is 0 Å². The van der Waals surface area contributed by atoms with E-state index in [1.54, 1.807) is 6.92 Å². The molecule has 0 aromatic rings. The maximum Gasteiger partial charge on any atom is 0.303 e. The van der Waals surface area contributed by atoms with Gasteiger partial charge in [0.2, 0.25) is 0 Å². The Balaban J connectivity index is 0.000000347. The highest BCUT2D eigenvalue weighted by atomic mass is 16.5. The molecule has 0 aromatic heterocycles. The van der Waals surface area contributed by atoms with E-state index in [1.807, 2.05) is 0 Å². The average molecular weight is 284 g/mol. The van der Waals surface area contributed by atoms with Crippen molar-refractivity contribution in [3.63, 3.8) is 0 Å². The molecule has 0 aliphatic carbocycles. The van der Waals surface area contributed by atoms with Gasteiger partial charge in [0.05, 0.1) is 6.42 Å². The SMILES string of the molecule is CCC(=O)O.O=C1CC(N2C(=O)C=CC2=O)C(=O)N1O. The number of hydroxylamine groups is 2. The molecule has 2 heterocycles. The van der Waals surface area contributed by atoms with E-state index in [9.17, 15) is 24.0 Å². The van der Waals surface area contributed by atoms with Crippen LogP contribution < -0.4 is 0 Å². The third-order valence-electron chi connectivity index (χ3n) is 2.56. The second-order valence-electron chi connectivity index (χ2n) is 3.89. The van der Waals surface area contributed by atoms with Crippen molar-refractivity contribution in [3.8, 4) is 0 Å². The van der Waals surface area contributed by atoms with Crippen LogP contribution in [-0.2, 0) is 24.0 Å². The summed E-state index contributed by atoms with van der Waals surface area (Å²) in [6.07, 6.45) is 1.88. The molecule has 2 rings (SSSR count). The minimum Gasteiger partial charge on any atom is -0.481 e. The van der Waals surface area contributed by atoms with Crippen molar-refractivity contribution in [2.75, 3.05) is 0 Å². The van der Waals surface area contributed by atoms with Crippen LogP contribution in [0.25, 0.3) is 0 Å². The lowest BCUT2D eigenvalue weighted by Gasteiger charge is -2.18. The Hall–Kier alpha value is -2.55. The van der Waals surface area contributed by atoms with Crippen LogP contribution >= 0.6 is 0 Å². The quantitative estimate of drug-likeness (QED) is 0.486. The number of rotatable bonds is 2. The highest BCUT2D eigenvalue weighted by molar-refractivity contribution is 6.17. The van der Waals surface area contributed by atoms with Gasteiger partial charge < -0.3 is 5.11 Å². The lowest BCUT2D eigenvalue weighted by atomic mass is 10.2. The summed E-state index contributed by atoms with van der Waals surface area (Å²) in [6.45, 7) is 1.60. The molecule has 2 N–H and O–H groups in total. The van der Waals surface area contributed by atoms with E-state index in [0.717, 1.165) is 12.2 Å². The monoisotopic (exact) mass is 284 g/mol. The molecule has 1 saturated heterocycles. The number of carbonyl (C=O) groups is 5. The van der Waals surface area contributed by atoms with E-state index in [2.05, 4.69) is 0 Å². The Morgan fingerprint density at radius 1 is 1.25 bits per heavy atom. The predicted octanol–water partition coefficient (Wildman–Crippen LogP) is -1.09. The molecule has 108 valence electrons. The van der Waals surface area contributed by atoms with Crippen LogP contribution in [0.5, 0.6) is 0 Å². The molecule has 9 nitrogen and oxygen atoms in total. The molecule has 0 spiro atoms. The number of aliphatic carboxylic acids is 1. The molecule has 9 heteroatoms. The molecular weight excluding hydrogens is 272 g/mol. The maximum absolute atomic E-state index is 11.3. The van der Waals surface area contributed by atoms with E-state index < -0.39 is 35.6 Å². The normalized spacial score (nSPS) is 21.4. The second kappa shape index (κ2) is 6.06. The van der Waals surface area contributed by atoms with E-state index in [1.165, 1.54) is 0 Å². The molecule has 0 saturated carbocycles. The summed E-state index contributed by atoms with van der Waals surface area (Å²) < 4.78 is 0. The van der Waals surface area contributed by atoms with E-state index in [0.29, 0.717) is 4.90 Å². The molecule has 4 amide bonds.